The molecule has 0 saturated heterocycles. The Morgan fingerprint density at radius 2 is 2.15 bits per heavy atom. The second-order valence-corrected chi connectivity index (χ2v) is 8.37. The molecule has 8 heteroatoms. The summed E-state index contributed by atoms with van der Waals surface area (Å²) in [6.07, 6.45) is 2.45. The van der Waals surface area contributed by atoms with Crippen molar-refractivity contribution in [1.82, 2.24) is 0 Å². The normalized spacial score (nSPS) is 14.2. The lowest BCUT2D eigenvalue weighted by Crippen LogP contribution is -2.13. The third-order valence-electron chi connectivity index (χ3n) is 3.12. The van der Waals surface area contributed by atoms with Gasteiger partial charge < -0.3 is 5.11 Å². The molecule has 2 N–H and O–H groups in total. The number of hydrogen-bond donors (Lipinski definition) is 2. The number of carboxylic acids is 1. The number of aromatic carboxylic acids is 1. The molecule has 3 rings (SSSR count). The predicted octanol–water partition coefficient (Wildman–Crippen LogP) is 2.80. The number of aryl methyl sites for hydroxylation is 1. The van der Waals surface area contributed by atoms with E-state index in [1.165, 1.54) is 17.4 Å². The summed E-state index contributed by atoms with van der Waals surface area (Å²) in [4.78, 5) is 12.4. The Labute approximate surface area is 123 Å². The number of sulfonamides is 1. The maximum Gasteiger partial charge on any atom is 0.339 e. The Balaban J connectivity index is 2.02. The van der Waals surface area contributed by atoms with E-state index in [0.29, 0.717) is 6.42 Å². The van der Waals surface area contributed by atoms with Crippen LogP contribution in [0.3, 0.4) is 0 Å². The van der Waals surface area contributed by atoms with E-state index in [9.17, 15) is 18.3 Å². The van der Waals surface area contributed by atoms with E-state index in [2.05, 4.69) is 4.72 Å². The van der Waals surface area contributed by atoms with E-state index in [4.69, 9.17) is 0 Å². The van der Waals surface area contributed by atoms with E-state index in [1.807, 2.05) is 0 Å². The Bertz CT molecular complexity index is 759. The highest BCUT2D eigenvalue weighted by Crippen LogP contribution is 2.40. The maximum atomic E-state index is 12.2. The second kappa shape index (κ2) is 4.87. The Hall–Kier alpha value is -1.38. The SMILES string of the molecule is O=C(O)c1c(NS(=O)(=O)c2cccs2)sc2c1CCC2. The smallest absolute Gasteiger partial charge is 0.339 e. The molecule has 0 radical (unpaired) electrons. The number of carboxylic acid groups (broad SMARTS) is 1. The predicted molar refractivity (Wildman–Crippen MR) is 78.4 cm³/mol. The number of hydrogen-bond acceptors (Lipinski definition) is 5. The van der Waals surface area contributed by atoms with Crippen molar-refractivity contribution in [2.24, 2.45) is 0 Å². The monoisotopic (exact) mass is 329 g/mol. The van der Waals surface area contributed by atoms with Gasteiger partial charge in [0.1, 0.15) is 9.21 Å². The zero-order chi connectivity index (χ0) is 14.3. The van der Waals surface area contributed by atoms with E-state index >= 15 is 0 Å². The van der Waals surface area contributed by atoms with Gasteiger partial charge in [0.2, 0.25) is 0 Å². The zero-order valence-corrected chi connectivity index (χ0v) is 12.7. The number of nitrogens with one attached hydrogen (secondary N) is 1. The number of rotatable bonds is 4. The van der Waals surface area contributed by atoms with Crippen molar-refractivity contribution in [3.63, 3.8) is 0 Å². The first-order valence-corrected chi connectivity index (χ1v) is 9.11. The molecule has 1 aliphatic rings. The molecule has 0 saturated carbocycles. The minimum Gasteiger partial charge on any atom is -0.478 e. The summed E-state index contributed by atoms with van der Waals surface area (Å²) in [5.41, 5.74) is 0.897. The summed E-state index contributed by atoms with van der Waals surface area (Å²) < 4.78 is 27.0. The Kier molecular flexibility index (Phi) is 3.31. The van der Waals surface area contributed by atoms with Crippen LogP contribution in [0.25, 0.3) is 0 Å². The lowest BCUT2D eigenvalue weighted by atomic mass is 10.1. The van der Waals surface area contributed by atoms with Gasteiger partial charge in [0, 0.05) is 4.88 Å². The van der Waals surface area contributed by atoms with E-state index in [0.717, 1.165) is 34.6 Å². The molecule has 5 nitrogen and oxygen atoms in total. The third-order valence-corrected chi connectivity index (χ3v) is 7.21. The lowest BCUT2D eigenvalue weighted by Gasteiger charge is -2.06. The summed E-state index contributed by atoms with van der Waals surface area (Å²) in [7, 11) is -3.70. The number of anilines is 1. The third kappa shape index (κ3) is 2.23. The van der Waals surface area contributed by atoms with Gasteiger partial charge in [0.05, 0.1) is 5.56 Å². The molecule has 0 fully saturated rings. The fraction of sp³-hybridized carbons (Fsp3) is 0.250. The number of carbonyl (C=O) groups is 1. The highest BCUT2D eigenvalue weighted by molar-refractivity contribution is 7.94. The quantitative estimate of drug-likeness (QED) is 0.903. The Morgan fingerprint density at radius 1 is 1.35 bits per heavy atom. The van der Waals surface area contributed by atoms with E-state index in [1.54, 1.807) is 11.4 Å². The van der Waals surface area contributed by atoms with Crippen LogP contribution in [-0.2, 0) is 22.9 Å². The van der Waals surface area contributed by atoms with Gasteiger partial charge in [-0.25, -0.2) is 13.2 Å². The van der Waals surface area contributed by atoms with Crippen molar-refractivity contribution in [3.8, 4) is 0 Å². The fourth-order valence-corrected chi connectivity index (χ4v) is 5.87. The molecule has 0 spiro atoms. The molecule has 2 aromatic rings. The van der Waals surface area contributed by atoms with Gasteiger partial charge in [-0.15, -0.1) is 22.7 Å². The van der Waals surface area contributed by atoms with E-state index in [-0.39, 0.29) is 14.8 Å². The van der Waals surface area contributed by atoms with Crippen LogP contribution in [0.4, 0.5) is 5.00 Å². The number of thiophene rings is 2. The molecule has 0 aromatic carbocycles. The zero-order valence-electron chi connectivity index (χ0n) is 10.3. The molecule has 106 valence electrons. The molecular formula is C12H11NO4S3. The average Bonchev–Trinajstić information content (AvgIpc) is 3.02. The van der Waals surface area contributed by atoms with Crippen LogP contribution in [0.5, 0.6) is 0 Å². The molecule has 20 heavy (non-hydrogen) atoms. The van der Waals surface area contributed by atoms with Crippen molar-refractivity contribution in [3.05, 3.63) is 33.5 Å². The summed E-state index contributed by atoms with van der Waals surface area (Å²) in [5, 5.41) is 11.2. The lowest BCUT2D eigenvalue weighted by molar-refractivity contribution is 0.0697. The van der Waals surface area contributed by atoms with Crippen molar-refractivity contribution < 1.29 is 18.3 Å². The molecule has 2 heterocycles. The first-order valence-electron chi connectivity index (χ1n) is 5.93. The van der Waals surface area contributed by atoms with Gasteiger partial charge in [0.15, 0.2) is 0 Å². The molecule has 2 aromatic heterocycles. The minimum absolute atomic E-state index is 0.114. The topological polar surface area (TPSA) is 83.5 Å². The van der Waals surface area contributed by atoms with Crippen molar-refractivity contribution in [1.29, 1.82) is 0 Å². The van der Waals surface area contributed by atoms with Crippen LogP contribution >= 0.6 is 22.7 Å². The first kappa shape index (κ1) is 13.6. The molecule has 1 aliphatic carbocycles. The van der Waals surface area contributed by atoms with Crippen molar-refractivity contribution >= 4 is 43.7 Å². The van der Waals surface area contributed by atoms with E-state index < -0.39 is 16.0 Å². The molecular weight excluding hydrogens is 318 g/mol. The van der Waals surface area contributed by atoms with Crippen molar-refractivity contribution in [2.45, 2.75) is 23.5 Å². The summed E-state index contributed by atoms with van der Waals surface area (Å²) >= 11 is 2.34. The molecule has 0 bridgehead atoms. The second-order valence-electron chi connectivity index (χ2n) is 4.40. The minimum atomic E-state index is -3.70. The van der Waals surface area contributed by atoms with Gasteiger partial charge in [0.25, 0.3) is 10.0 Å². The van der Waals surface area contributed by atoms with Crippen LogP contribution in [0.2, 0.25) is 0 Å². The standard InChI is InChI=1S/C12H11NO4S3/c14-12(15)10-7-3-1-4-8(7)19-11(10)13-20(16,17)9-5-2-6-18-9/h2,5-6,13H,1,3-4H2,(H,14,15). The average molecular weight is 329 g/mol. The largest absolute Gasteiger partial charge is 0.478 e. The van der Waals surface area contributed by atoms with Crippen LogP contribution < -0.4 is 4.72 Å². The molecule has 0 aliphatic heterocycles. The van der Waals surface area contributed by atoms with Crippen molar-refractivity contribution in [2.75, 3.05) is 4.72 Å². The van der Waals surface area contributed by atoms with Crippen LogP contribution in [0.1, 0.15) is 27.2 Å². The van der Waals surface area contributed by atoms with Gasteiger partial charge in [-0.05, 0) is 36.3 Å². The first-order chi connectivity index (χ1) is 9.49. The fourth-order valence-electron chi connectivity index (χ4n) is 2.29. The summed E-state index contributed by atoms with van der Waals surface area (Å²) in [6, 6.07) is 3.14. The Morgan fingerprint density at radius 3 is 2.80 bits per heavy atom. The van der Waals surface area contributed by atoms with Crippen LogP contribution in [-0.4, -0.2) is 19.5 Å². The molecule has 0 unspecified atom stereocenters. The van der Waals surface area contributed by atoms with Crippen LogP contribution in [0.15, 0.2) is 21.7 Å². The highest BCUT2D eigenvalue weighted by Gasteiger charge is 2.29. The highest BCUT2D eigenvalue weighted by atomic mass is 32.2. The van der Waals surface area contributed by atoms with Crippen LogP contribution in [0, 0.1) is 0 Å². The molecule has 0 atom stereocenters. The summed E-state index contributed by atoms with van der Waals surface area (Å²) in [6.45, 7) is 0. The van der Waals surface area contributed by atoms with Gasteiger partial charge in [-0.2, -0.15) is 0 Å². The summed E-state index contributed by atoms with van der Waals surface area (Å²) in [5.74, 6) is -1.08. The van der Waals surface area contributed by atoms with Gasteiger partial charge >= 0.3 is 5.97 Å². The maximum absolute atomic E-state index is 12.2. The van der Waals surface area contributed by atoms with Gasteiger partial charge in [-0.3, -0.25) is 4.72 Å². The van der Waals surface area contributed by atoms with Gasteiger partial charge in [-0.1, -0.05) is 6.07 Å². The molecule has 0 amide bonds. The number of fused-ring (bicyclic) bond motifs is 1.